The molecule has 1 heterocycles. The highest BCUT2D eigenvalue weighted by Gasteiger charge is 2.39. The van der Waals surface area contributed by atoms with Crippen molar-refractivity contribution < 1.29 is 23.8 Å². The maximum absolute atomic E-state index is 14.2. The average Bonchev–Trinajstić information content (AvgIpc) is 3.32. The van der Waals surface area contributed by atoms with E-state index in [0.717, 1.165) is 12.5 Å². The van der Waals surface area contributed by atoms with Crippen LogP contribution in [0.2, 0.25) is 10.0 Å². The van der Waals surface area contributed by atoms with Crippen molar-refractivity contribution in [2.75, 3.05) is 6.61 Å². The minimum atomic E-state index is -1.27. The van der Waals surface area contributed by atoms with Gasteiger partial charge in [-0.2, -0.15) is 0 Å². The maximum Gasteiger partial charge on any atom is 0.335 e. The zero-order valence-corrected chi connectivity index (χ0v) is 20.8. The summed E-state index contributed by atoms with van der Waals surface area (Å²) in [6.45, 7) is 2.43. The lowest BCUT2D eigenvalue weighted by Gasteiger charge is -2.25. The van der Waals surface area contributed by atoms with Crippen molar-refractivity contribution in [3.63, 3.8) is 0 Å². The summed E-state index contributed by atoms with van der Waals surface area (Å²) in [5.74, 6) is -1.64. The fourth-order valence-corrected chi connectivity index (χ4v) is 4.56. The fraction of sp³-hybridized carbons (Fsp3) is 0.179. The second-order valence-corrected chi connectivity index (χ2v) is 9.24. The molecule has 0 amide bonds. The molecule has 1 atom stereocenters. The molecule has 5 nitrogen and oxygen atoms in total. The predicted molar refractivity (Wildman–Crippen MR) is 139 cm³/mol. The van der Waals surface area contributed by atoms with Crippen molar-refractivity contribution in [2.24, 2.45) is 4.99 Å². The van der Waals surface area contributed by atoms with Gasteiger partial charge in [-0.3, -0.25) is 9.79 Å². The van der Waals surface area contributed by atoms with Gasteiger partial charge in [0.15, 0.2) is 5.78 Å². The Labute approximate surface area is 217 Å². The van der Waals surface area contributed by atoms with E-state index in [1.165, 1.54) is 18.2 Å². The SMILES string of the molecule is CCCOc1ccc(-c2cc(F)cc(C(=O)O)c2)cc1CC1(C(=O)c2ccc(Cl)cc2Cl)C=CC=N1. The molecule has 0 bridgehead atoms. The Kier molecular flexibility index (Phi) is 7.57. The molecule has 0 aromatic heterocycles. The van der Waals surface area contributed by atoms with Crippen LogP contribution < -0.4 is 4.74 Å². The maximum atomic E-state index is 14.2. The number of rotatable bonds is 9. The van der Waals surface area contributed by atoms with Gasteiger partial charge in [-0.1, -0.05) is 36.2 Å². The van der Waals surface area contributed by atoms with E-state index in [-0.39, 0.29) is 28.4 Å². The van der Waals surface area contributed by atoms with Crippen molar-refractivity contribution in [1.82, 2.24) is 0 Å². The van der Waals surface area contributed by atoms with Crippen LogP contribution in [0.4, 0.5) is 4.39 Å². The number of carboxylic acids is 1. The number of ether oxygens (including phenoxy) is 1. The number of ketones is 1. The number of allylic oxidation sites excluding steroid dienone is 1. The van der Waals surface area contributed by atoms with Crippen molar-refractivity contribution in [2.45, 2.75) is 25.3 Å². The van der Waals surface area contributed by atoms with Crippen molar-refractivity contribution >= 4 is 41.2 Å². The van der Waals surface area contributed by atoms with E-state index in [2.05, 4.69) is 4.99 Å². The quantitative estimate of drug-likeness (QED) is 0.302. The number of halogens is 3. The molecule has 184 valence electrons. The molecule has 0 saturated carbocycles. The molecular weight excluding hydrogens is 504 g/mol. The van der Waals surface area contributed by atoms with Crippen LogP contribution >= 0.6 is 23.2 Å². The van der Waals surface area contributed by atoms with Gasteiger partial charge in [0.1, 0.15) is 17.1 Å². The topological polar surface area (TPSA) is 76.0 Å². The Hall–Kier alpha value is -3.48. The normalized spacial score (nSPS) is 16.3. The van der Waals surface area contributed by atoms with Crippen molar-refractivity contribution in [1.29, 1.82) is 0 Å². The molecule has 0 aliphatic carbocycles. The lowest BCUT2D eigenvalue weighted by Crippen LogP contribution is -2.36. The van der Waals surface area contributed by atoms with Gasteiger partial charge in [0.25, 0.3) is 0 Å². The van der Waals surface area contributed by atoms with Gasteiger partial charge in [0.05, 0.1) is 17.2 Å². The molecule has 0 fully saturated rings. The molecule has 36 heavy (non-hydrogen) atoms. The Bertz CT molecular complexity index is 1390. The van der Waals surface area contributed by atoms with E-state index in [0.29, 0.717) is 34.1 Å². The minimum absolute atomic E-state index is 0.145. The average molecular weight is 526 g/mol. The van der Waals surface area contributed by atoms with Gasteiger partial charge in [0.2, 0.25) is 0 Å². The number of hydrogen-bond acceptors (Lipinski definition) is 4. The molecule has 0 spiro atoms. The molecule has 1 aliphatic rings. The molecule has 0 radical (unpaired) electrons. The van der Waals surface area contributed by atoms with Crippen LogP contribution in [0, 0.1) is 5.82 Å². The first-order valence-electron chi connectivity index (χ1n) is 11.3. The van der Waals surface area contributed by atoms with E-state index >= 15 is 0 Å². The zero-order valence-electron chi connectivity index (χ0n) is 19.3. The summed E-state index contributed by atoms with van der Waals surface area (Å²) in [7, 11) is 0. The summed E-state index contributed by atoms with van der Waals surface area (Å²) in [6.07, 6.45) is 5.89. The van der Waals surface area contributed by atoms with E-state index < -0.39 is 17.3 Å². The number of carbonyl (C=O) groups excluding carboxylic acids is 1. The summed E-state index contributed by atoms with van der Waals surface area (Å²) < 4.78 is 20.1. The van der Waals surface area contributed by atoms with Crippen LogP contribution in [0.5, 0.6) is 5.75 Å². The Morgan fingerprint density at radius 1 is 1.06 bits per heavy atom. The van der Waals surface area contributed by atoms with Crippen molar-refractivity contribution in [3.8, 4) is 16.9 Å². The molecule has 3 aromatic rings. The first-order valence-corrected chi connectivity index (χ1v) is 12.0. The zero-order chi connectivity index (χ0) is 25.9. The van der Waals surface area contributed by atoms with Crippen LogP contribution in [0.1, 0.15) is 39.6 Å². The number of carbonyl (C=O) groups is 2. The molecule has 1 aliphatic heterocycles. The number of hydrogen-bond donors (Lipinski definition) is 1. The van der Waals surface area contributed by atoms with Crippen LogP contribution in [0.25, 0.3) is 11.1 Å². The molecule has 1 N–H and O–H groups in total. The molecule has 0 saturated heterocycles. The van der Waals surface area contributed by atoms with Crippen molar-refractivity contribution in [3.05, 3.63) is 99.3 Å². The third-order valence-electron chi connectivity index (χ3n) is 5.79. The van der Waals surface area contributed by atoms with Crippen LogP contribution in [-0.2, 0) is 6.42 Å². The lowest BCUT2D eigenvalue weighted by molar-refractivity contribution is 0.0696. The summed E-state index contributed by atoms with van der Waals surface area (Å²) in [5, 5.41) is 9.98. The third-order valence-corrected chi connectivity index (χ3v) is 6.34. The number of aliphatic imine (C=N–C) groups is 1. The molecule has 1 unspecified atom stereocenters. The summed E-state index contributed by atoms with van der Waals surface area (Å²) in [6, 6.07) is 13.5. The highest BCUT2D eigenvalue weighted by atomic mass is 35.5. The van der Waals surface area contributed by atoms with Gasteiger partial charge in [-0.25, -0.2) is 9.18 Å². The van der Waals surface area contributed by atoms with Gasteiger partial charge >= 0.3 is 5.97 Å². The number of benzene rings is 3. The highest BCUT2D eigenvalue weighted by Crippen LogP contribution is 2.36. The standard InChI is InChI=1S/C28H22Cl2FNO4/c1-2-10-36-25-7-4-17(18-12-19(27(34)35)14-22(31)13-18)11-20(25)16-28(8-3-9-32-28)26(33)23-6-5-21(29)15-24(23)30/h3-9,11-15H,2,10,16H2,1H3,(H,34,35). The minimum Gasteiger partial charge on any atom is -0.493 e. The van der Waals surface area contributed by atoms with E-state index in [1.807, 2.05) is 6.92 Å². The van der Waals surface area contributed by atoms with E-state index in [9.17, 15) is 19.1 Å². The fourth-order valence-electron chi connectivity index (χ4n) is 4.07. The van der Waals surface area contributed by atoms with E-state index in [1.54, 1.807) is 48.7 Å². The Balaban J connectivity index is 1.79. The predicted octanol–water partition coefficient (Wildman–Crippen LogP) is 7.09. The smallest absolute Gasteiger partial charge is 0.335 e. The van der Waals surface area contributed by atoms with Gasteiger partial charge in [-0.15, -0.1) is 0 Å². The second kappa shape index (κ2) is 10.6. The largest absolute Gasteiger partial charge is 0.493 e. The van der Waals surface area contributed by atoms with Gasteiger partial charge in [-0.05, 0) is 83.8 Å². The molecule has 3 aromatic carbocycles. The Morgan fingerprint density at radius 2 is 1.86 bits per heavy atom. The monoisotopic (exact) mass is 525 g/mol. The van der Waals surface area contributed by atoms with Crippen LogP contribution in [-0.4, -0.2) is 35.2 Å². The summed E-state index contributed by atoms with van der Waals surface area (Å²) >= 11 is 12.4. The lowest BCUT2D eigenvalue weighted by atomic mass is 9.83. The number of Topliss-reactive ketones (excluding diaryl/α,β-unsaturated/α-hetero) is 1. The molecule has 8 heteroatoms. The van der Waals surface area contributed by atoms with Crippen LogP contribution in [0.3, 0.4) is 0 Å². The van der Waals surface area contributed by atoms with E-state index in [4.69, 9.17) is 27.9 Å². The van der Waals surface area contributed by atoms with Gasteiger partial charge < -0.3 is 9.84 Å². The summed E-state index contributed by atoms with van der Waals surface area (Å²) in [4.78, 5) is 29.6. The summed E-state index contributed by atoms with van der Waals surface area (Å²) in [5.41, 5.74) is 0.480. The first kappa shape index (κ1) is 25.6. The van der Waals surface area contributed by atoms with Gasteiger partial charge in [0, 0.05) is 23.2 Å². The first-order chi connectivity index (χ1) is 17.2. The highest BCUT2D eigenvalue weighted by molar-refractivity contribution is 6.37. The number of nitrogens with zero attached hydrogens (tertiary/aromatic N) is 1. The third kappa shape index (κ3) is 5.35. The van der Waals surface area contributed by atoms with Crippen LogP contribution in [0.15, 0.2) is 71.7 Å². The Morgan fingerprint density at radius 3 is 2.53 bits per heavy atom. The number of aromatic carboxylic acids is 1. The molecular formula is C28H22Cl2FNO4. The number of carboxylic acid groups (broad SMARTS) is 1. The molecule has 4 rings (SSSR count). The second-order valence-electron chi connectivity index (χ2n) is 8.40.